The van der Waals surface area contributed by atoms with Crippen molar-refractivity contribution in [1.29, 1.82) is 0 Å². The van der Waals surface area contributed by atoms with Gasteiger partial charge in [-0.3, -0.25) is 9.69 Å². The maximum atomic E-state index is 12.0. The van der Waals surface area contributed by atoms with Gasteiger partial charge < -0.3 is 16.0 Å². The molecule has 0 spiro atoms. The van der Waals surface area contributed by atoms with E-state index in [0.29, 0.717) is 25.2 Å². The number of amides is 3. The number of hydrogen-bond donors (Lipinski definition) is 3. The molecule has 3 amide bonds. The minimum absolute atomic E-state index is 0.107. The van der Waals surface area contributed by atoms with Crippen LogP contribution in [0.4, 0.5) is 10.5 Å². The number of nitrogens with zero attached hydrogens (tertiary/aromatic N) is 1. The first kappa shape index (κ1) is 14.3. The van der Waals surface area contributed by atoms with Crippen LogP contribution < -0.4 is 20.9 Å². The van der Waals surface area contributed by atoms with Crippen LogP contribution in [0, 0.1) is 0 Å². The summed E-state index contributed by atoms with van der Waals surface area (Å²) in [5, 5.41) is 8.59. The molecule has 1 aromatic rings. The Balaban J connectivity index is 2.07. The lowest BCUT2D eigenvalue weighted by Crippen LogP contribution is -2.46. The van der Waals surface area contributed by atoms with Crippen LogP contribution in [0.15, 0.2) is 24.3 Å². The maximum absolute atomic E-state index is 12.0. The first-order chi connectivity index (χ1) is 9.72. The normalized spacial score (nSPS) is 14.8. The molecule has 0 radical (unpaired) electrons. The van der Waals surface area contributed by atoms with Gasteiger partial charge in [-0.1, -0.05) is 6.07 Å². The van der Waals surface area contributed by atoms with E-state index in [9.17, 15) is 9.59 Å². The van der Waals surface area contributed by atoms with Crippen LogP contribution in [-0.2, 0) is 0 Å². The molecule has 1 aliphatic rings. The van der Waals surface area contributed by atoms with Crippen molar-refractivity contribution in [1.82, 2.24) is 16.0 Å². The molecule has 0 unspecified atom stereocenters. The molecule has 6 nitrogen and oxygen atoms in total. The second-order valence-electron chi connectivity index (χ2n) is 4.65. The SMILES string of the molecule is CNCCNC(=O)c1cccc(N2CCCNC2=O)c1. The molecular formula is C14H20N4O2. The Morgan fingerprint density at radius 3 is 3.00 bits per heavy atom. The van der Waals surface area contributed by atoms with Crippen molar-refractivity contribution in [3.05, 3.63) is 29.8 Å². The number of nitrogens with one attached hydrogen (secondary N) is 3. The standard InChI is InChI=1S/C14H20N4O2/c1-15-7-8-16-13(19)11-4-2-5-12(10-11)18-9-3-6-17-14(18)20/h2,4-5,10,15H,3,6-9H2,1H3,(H,16,19)(H,17,20). The Hall–Kier alpha value is -2.08. The molecule has 0 aromatic heterocycles. The maximum Gasteiger partial charge on any atom is 0.321 e. The molecule has 3 N–H and O–H groups in total. The molecule has 0 saturated carbocycles. The highest BCUT2D eigenvalue weighted by Crippen LogP contribution is 2.18. The summed E-state index contributed by atoms with van der Waals surface area (Å²) >= 11 is 0. The quantitative estimate of drug-likeness (QED) is 0.688. The average molecular weight is 276 g/mol. The van der Waals surface area contributed by atoms with Crippen LogP contribution in [0.1, 0.15) is 16.8 Å². The zero-order valence-corrected chi connectivity index (χ0v) is 11.6. The fourth-order valence-electron chi connectivity index (χ4n) is 2.09. The van der Waals surface area contributed by atoms with Crippen molar-refractivity contribution in [2.45, 2.75) is 6.42 Å². The van der Waals surface area contributed by atoms with Crippen molar-refractivity contribution in [2.75, 3.05) is 38.1 Å². The van der Waals surface area contributed by atoms with Crippen LogP contribution in [-0.4, -0.2) is 45.2 Å². The predicted molar refractivity (Wildman–Crippen MR) is 78.1 cm³/mol. The molecule has 0 aliphatic carbocycles. The minimum Gasteiger partial charge on any atom is -0.351 e. The van der Waals surface area contributed by atoms with E-state index in [1.54, 1.807) is 23.1 Å². The topological polar surface area (TPSA) is 73.5 Å². The smallest absolute Gasteiger partial charge is 0.321 e. The first-order valence-corrected chi connectivity index (χ1v) is 6.80. The third-order valence-corrected chi connectivity index (χ3v) is 3.16. The van der Waals surface area contributed by atoms with Gasteiger partial charge in [-0.05, 0) is 31.7 Å². The molecular weight excluding hydrogens is 256 g/mol. The molecule has 1 aliphatic heterocycles. The first-order valence-electron chi connectivity index (χ1n) is 6.80. The Bertz CT molecular complexity index is 490. The van der Waals surface area contributed by atoms with Crippen molar-refractivity contribution in [2.24, 2.45) is 0 Å². The summed E-state index contributed by atoms with van der Waals surface area (Å²) in [5.41, 5.74) is 1.32. The summed E-state index contributed by atoms with van der Waals surface area (Å²) in [5.74, 6) is -0.125. The third-order valence-electron chi connectivity index (χ3n) is 3.16. The Kier molecular flexibility index (Phi) is 4.95. The zero-order chi connectivity index (χ0) is 14.4. The van der Waals surface area contributed by atoms with E-state index in [0.717, 1.165) is 18.7 Å². The number of urea groups is 1. The zero-order valence-electron chi connectivity index (χ0n) is 11.6. The lowest BCUT2D eigenvalue weighted by atomic mass is 10.1. The van der Waals surface area contributed by atoms with Gasteiger partial charge in [-0.25, -0.2) is 4.79 Å². The summed E-state index contributed by atoms with van der Waals surface area (Å²) in [6.07, 6.45) is 0.907. The van der Waals surface area contributed by atoms with Crippen molar-refractivity contribution < 1.29 is 9.59 Å². The van der Waals surface area contributed by atoms with Gasteiger partial charge in [0.2, 0.25) is 0 Å². The summed E-state index contributed by atoms with van der Waals surface area (Å²) < 4.78 is 0. The van der Waals surface area contributed by atoms with Crippen molar-refractivity contribution in [3.8, 4) is 0 Å². The summed E-state index contributed by atoms with van der Waals surface area (Å²) in [6, 6.07) is 7.03. The van der Waals surface area contributed by atoms with E-state index in [1.807, 2.05) is 13.1 Å². The largest absolute Gasteiger partial charge is 0.351 e. The van der Waals surface area contributed by atoms with E-state index in [4.69, 9.17) is 0 Å². The lowest BCUT2D eigenvalue weighted by molar-refractivity contribution is 0.0954. The van der Waals surface area contributed by atoms with Crippen LogP contribution in [0.2, 0.25) is 0 Å². The Morgan fingerprint density at radius 1 is 1.40 bits per heavy atom. The molecule has 6 heteroatoms. The van der Waals surface area contributed by atoms with E-state index < -0.39 is 0 Å². The fraction of sp³-hybridized carbons (Fsp3) is 0.429. The van der Waals surface area contributed by atoms with E-state index in [1.165, 1.54) is 0 Å². The molecule has 0 atom stereocenters. The molecule has 1 saturated heterocycles. The monoisotopic (exact) mass is 276 g/mol. The fourth-order valence-corrected chi connectivity index (χ4v) is 2.09. The third kappa shape index (κ3) is 3.48. The number of likely N-dealkylation sites (N-methyl/N-ethyl adjacent to an activating group) is 1. The number of hydrogen-bond acceptors (Lipinski definition) is 3. The van der Waals surface area contributed by atoms with Crippen LogP contribution in [0.25, 0.3) is 0 Å². The van der Waals surface area contributed by atoms with Gasteiger partial charge in [0.1, 0.15) is 0 Å². The second-order valence-corrected chi connectivity index (χ2v) is 4.65. The van der Waals surface area contributed by atoms with Crippen LogP contribution in [0.5, 0.6) is 0 Å². The number of benzene rings is 1. The number of rotatable bonds is 5. The number of carbonyl (C=O) groups is 2. The van der Waals surface area contributed by atoms with E-state index >= 15 is 0 Å². The van der Waals surface area contributed by atoms with Gasteiger partial charge in [-0.2, -0.15) is 0 Å². The van der Waals surface area contributed by atoms with E-state index in [-0.39, 0.29) is 11.9 Å². The average Bonchev–Trinajstić information content (AvgIpc) is 2.48. The number of anilines is 1. The Labute approximate surface area is 118 Å². The van der Waals surface area contributed by atoms with E-state index in [2.05, 4.69) is 16.0 Å². The Morgan fingerprint density at radius 2 is 2.25 bits per heavy atom. The summed E-state index contributed by atoms with van der Waals surface area (Å²) in [4.78, 5) is 25.4. The predicted octanol–water partition coefficient (Wildman–Crippen LogP) is 0.555. The molecule has 1 fully saturated rings. The number of carbonyl (C=O) groups excluding carboxylic acids is 2. The summed E-state index contributed by atoms with van der Waals surface area (Å²) in [7, 11) is 1.84. The molecule has 1 heterocycles. The second kappa shape index (κ2) is 6.91. The highest BCUT2D eigenvalue weighted by atomic mass is 16.2. The molecule has 0 bridgehead atoms. The van der Waals surface area contributed by atoms with Gasteiger partial charge in [-0.15, -0.1) is 0 Å². The minimum atomic E-state index is -0.125. The molecule has 2 rings (SSSR count). The van der Waals surface area contributed by atoms with Crippen LogP contribution >= 0.6 is 0 Å². The highest BCUT2D eigenvalue weighted by molar-refractivity contribution is 5.97. The van der Waals surface area contributed by atoms with Crippen LogP contribution in [0.3, 0.4) is 0 Å². The van der Waals surface area contributed by atoms with Gasteiger partial charge in [0.05, 0.1) is 0 Å². The summed E-state index contributed by atoms with van der Waals surface area (Å²) in [6.45, 7) is 2.68. The molecule has 108 valence electrons. The molecule has 20 heavy (non-hydrogen) atoms. The van der Waals surface area contributed by atoms with Gasteiger partial charge in [0.15, 0.2) is 0 Å². The van der Waals surface area contributed by atoms with Gasteiger partial charge >= 0.3 is 6.03 Å². The van der Waals surface area contributed by atoms with Gasteiger partial charge in [0.25, 0.3) is 5.91 Å². The molecule has 1 aromatic carbocycles. The lowest BCUT2D eigenvalue weighted by Gasteiger charge is -2.27. The van der Waals surface area contributed by atoms with Crippen molar-refractivity contribution >= 4 is 17.6 Å². The highest BCUT2D eigenvalue weighted by Gasteiger charge is 2.19. The van der Waals surface area contributed by atoms with Crippen molar-refractivity contribution in [3.63, 3.8) is 0 Å². The van der Waals surface area contributed by atoms with Gasteiger partial charge in [0, 0.05) is 37.4 Å².